The van der Waals surface area contributed by atoms with Gasteiger partial charge in [0.25, 0.3) is 5.91 Å². The van der Waals surface area contributed by atoms with E-state index in [0.717, 1.165) is 0 Å². The Balaban J connectivity index is 1.78. The topological polar surface area (TPSA) is 86.8 Å². The molecule has 0 atom stereocenters. The molecule has 148 valence electrons. The predicted octanol–water partition coefficient (Wildman–Crippen LogP) is 3.59. The van der Waals surface area contributed by atoms with Gasteiger partial charge in [-0.05, 0) is 48.5 Å². The molecule has 1 amide bonds. The Morgan fingerprint density at radius 1 is 0.759 bits per heavy atom. The molecule has 1 heterocycles. The average molecular weight is 392 g/mol. The summed E-state index contributed by atoms with van der Waals surface area (Å²) in [5.41, 5.74) is 1.96. The lowest BCUT2D eigenvalue weighted by Gasteiger charge is -2.14. The fraction of sp³-hybridized carbons (Fsp3) is 0.136. The van der Waals surface area contributed by atoms with Gasteiger partial charge in [0.15, 0.2) is 17.3 Å². The molecular formula is C22H20N2O5. The van der Waals surface area contributed by atoms with Crippen molar-refractivity contribution in [1.29, 1.82) is 0 Å². The standard InChI is InChI=1S/C22H20N2O5/c1-27-18-12-16(13-19(28-2)21(18)29-3)22(26)24-17-6-4-14(5-7-17)20(25)15-8-10-23-11-9-15/h4-13H,1-3H3,(H,24,26). The van der Waals surface area contributed by atoms with Crippen LogP contribution in [0.25, 0.3) is 0 Å². The zero-order chi connectivity index (χ0) is 20.8. The summed E-state index contributed by atoms with van der Waals surface area (Å²) < 4.78 is 15.8. The number of methoxy groups -OCH3 is 3. The minimum absolute atomic E-state index is 0.116. The molecule has 0 aliphatic carbocycles. The molecule has 0 fully saturated rings. The number of ketones is 1. The van der Waals surface area contributed by atoms with Gasteiger partial charge in [-0.2, -0.15) is 0 Å². The first-order valence-corrected chi connectivity index (χ1v) is 8.73. The van der Waals surface area contributed by atoms with Crippen molar-refractivity contribution in [2.24, 2.45) is 0 Å². The molecule has 0 aliphatic rings. The van der Waals surface area contributed by atoms with E-state index in [0.29, 0.717) is 39.6 Å². The van der Waals surface area contributed by atoms with Crippen LogP contribution in [0, 0.1) is 0 Å². The number of hydrogen-bond acceptors (Lipinski definition) is 6. The Hall–Kier alpha value is -3.87. The Kier molecular flexibility index (Phi) is 6.09. The fourth-order valence-electron chi connectivity index (χ4n) is 2.79. The molecule has 0 saturated heterocycles. The number of pyridine rings is 1. The maximum absolute atomic E-state index is 12.7. The van der Waals surface area contributed by atoms with Gasteiger partial charge in [0.2, 0.25) is 5.75 Å². The van der Waals surface area contributed by atoms with Crippen LogP contribution in [0.5, 0.6) is 17.2 Å². The minimum atomic E-state index is -0.350. The second-order valence-electron chi connectivity index (χ2n) is 6.01. The van der Waals surface area contributed by atoms with E-state index in [-0.39, 0.29) is 11.7 Å². The van der Waals surface area contributed by atoms with E-state index in [1.165, 1.54) is 21.3 Å². The van der Waals surface area contributed by atoms with Crippen LogP contribution >= 0.6 is 0 Å². The van der Waals surface area contributed by atoms with E-state index < -0.39 is 0 Å². The molecule has 7 nitrogen and oxygen atoms in total. The second kappa shape index (κ2) is 8.88. The quantitative estimate of drug-likeness (QED) is 0.619. The number of rotatable bonds is 7. The molecule has 0 bridgehead atoms. The van der Waals surface area contributed by atoms with Crippen LogP contribution in [0.4, 0.5) is 5.69 Å². The molecule has 3 rings (SSSR count). The largest absolute Gasteiger partial charge is 0.493 e. The van der Waals surface area contributed by atoms with Crippen molar-refractivity contribution >= 4 is 17.4 Å². The number of carbonyl (C=O) groups excluding carboxylic acids is 2. The van der Waals surface area contributed by atoms with Gasteiger partial charge in [-0.1, -0.05) is 0 Å². The van der Waals surface area contributed by atoms with E-state index in [2.05, 4.69) is 10.3 Å². The molecule has 3 aromatic rings. The van der Waals surface area contributed by atoms with Gasteiger partial charge in [0, 0.05) is 34.8 Å². The monoisotopic (exact) mass is 392 g/mol. The number of amides is 1. The third kappa shape index (κ3) is 4.35. The van der Waals surface area contributed by atoms with Gasteiger partial charge in [-0.25, -0.2) is 0 Å². The fourth-order valence-corrected chi connectivity index (χ4v) is 2.79. The predicted molar refractivity (Wildman–Crippen MR) is 108 cm³/mol. The van der Waals surface area contributed by atoms with E-state index in [1.807, 2.05) is 0 Å². The molecule has 0 unspecified atom stereocenters. The van der Waals surface area contributed by atoms with Crippen molar-refractivity contribution in [2.75, 3.05) is 26.6 Å². The minimum Gasteiger partial charge on any atom is -0.493 e. The summed E-state index contributed by atoms with van der Waals surface area (Å²) in [5, 5.41) is 2.79. The molecule has 29 heavy (non-hydrogen) atoms. The van der Waals surface area contributed by atoms with E-state index >= 15 is 0 Å². The number of carbonyl (C=O) groups is 2. The van der Waals surface area contributed by atoms with E-state index in [1.54, 1.807) is 60.9 Å². The second-order valence-corrected chi connectivity index (χ2v) is 6.01. The summed E-state index contributed by atoms with van der Waals surface area (Å²) in [5.74, 6) is 0.712. The number of nitrogens with one attached hydrogen (secondary N) is 1. The molecule has 1 aromatic heterocycles. The molecular weight excluding hydrogens is 372 g/mol. The van der Waals surface area contributed by atoms with Crippen molar-refractivity contribution in [3.8, 4) is 17.2 Å². The summed E-state index contributed by atoms with van der Waals surface area (Å²) in [6, 6.07) is 13.1. The van der Waals surface area contributed by atoms with Crippen LogP contribution in [-0.2, 0) is 0 Å². The van der Waals surface area contributed by atoms with Crippen molar-refractivity contribution in [1.82, 2.24) is 4.98 Å². The molecule has 0 radical (unpaired) electrons. The summed E-state index contributed by atoms with van der Waals surface area (Å²) in [4.78, 5) is 29.0. The number of nitrogens with zero attached hydrogens (tertiary/aromatic N) is 1. The van der Waals surface area contributed by atoms with Crippen molar-refractivity contribution in [3.05, 3.63) is 77.6 Å². The average Bonchev–Trinajstić information content (AvgIpc) is 2.78. The summed E-state index contributed by atoms with van der Waals surface area (Å²) in [6.07, 6.45) is 3.14. The van der Waals surface area contributed by atoms with Gasteiger partial charge in [0.1, 0.15) is 0 Å². The first kappa shape index (κ1) is 19.9. The Bertz CT molecular complexity index is 992. The molecule has 7 heteroatoms. The highest BCUT2D eigenvalue weighted by Gasteiger charge is 2.17. The van der Waals surface area contributed by atoms with Crippen LogP contribution in [0.2, 0.25) is 0 Å². The maximum Gasteiger partial charge on any atom is 0.255 e. The summed E-state index contributed by atoms with van der Waals surface area (Å²) in [7, 11) is 4.46. The Morgan fingerprint density at radius 2 is 1.31 bits per heavy atom. The Morgan fingerprint density at radius 3 is 1.83 bits per heavy atom. The number of hydrogen-bond donors (Lipinski definition) is 1. The van der Waals surface area contributed by atoms with Crippen LogP contribution in [0.3, 0.4) is 0 Å². The molecule has 0 saturated carbocycles. The lowest BCUT2D eigenvalue weighted by molar-refractivity contribution is 0.102. The van der Waals surface area contributed by atoms with E-state index in [9.17, 15) is 9.59 Å². The third-order valence-corrected chi connectivity index (χ3v) is 4.27. The zero-order valence-electron chi connectivity index (χ0n) is 16.3. The first-order valence-electron chi connectivity index (χ1n) is 8.73. The zero-order valence-corrected chi connectivity index (χ0v) is 16.3. The molecule has 1 N–H and O–H groups in total. The first-order chi connectivity index (χ1) is 14.1. The third-order valence-electron chi connectivity index (χ3n) is 4.27. The summed E-state index contributed by atoms with van der Waals surface area (Å²) >= 11 is 0. The Labute approximate surface area is 168 Å². The normalized spacial score (nSPS) is 10.2. The van der Waals surface area contributed by atoms with Gasteiger partial charge in [-0.15, -0.1) is 0 Å². The van der Waals surface area contributed by atoms with Crippen LogP contribution in [0.1, 0.15) is 26.3 Å². The highest BCUT2D eigenvalue weighted by atomic mass is 16.5. The van der Waals surface area contributed by atoms with Gasteiger partial charge < -0.3 is 19.5 Å². The smallest absolute Gasteiger partial charge is 0.255 e. The van der Waals surface area contributed by atoms with E-state index in [4.69, 9.17) is 14.2 Å². The number of anilines is 1. The van der Waals surface area contributed by atoms with Crippen LogP contribution in [0.15, 0.2) is 60.9 Å². The lowest BCUT2D eigenvalue weighted by atomic mass is 10.0. The highest BCUT2D eigenvalue weighted by molar-refractivity contribution is 6.09. The van der Waals surface area contributed by atoms with Gasteiger partial charge in [0.05, 0.1) is 21.3 Å². The number of benzene rings is 2. The highest BCUT2D eigenvalue weighted by Crippen LogP contribution is 2.38. The van der Waals surface area contributed by atoms with Crippen LogP contribution in [-0.4, -0.2) is 38.0 Å². The summed E-state index contributed by atoms with van der Waals surface area (Å²) in [6.45, 7) is 0. The number of aromatic nitrogens is 1. The van der Waals surface area contributed by atoms with Gasteiger partial charge in [-0.3, -0.25) is 14.6 Å². The van der Waals surface area contributed by atoms with Crippen molar-refractivity contribution in [3.63, 3.8) is 0 Å². The van der Waals surface area contributed by atoms with Gasteiger partial charge >= 0.3 is 0 Å². The maximum atomic E-state index is 12.7. The molecule has 0 aliphatic heterocycles. The SMILES string of the molecule is COc1cc(C(=O)Nc2ccc(C(=O)c3ccncc3)cc2)cc(OC)c1OC. The molecule has 0 spiro atoms. The number of ether oxygens (including phenoxy) is 3. The van der Waals surface area contributed by atoms with Crippen molar-refractivity contribution < 1.29 is 23.8 Å². The van der Waals surface area contributed by atoms with Crippen molar-refractivity contribution in [2.45, 2.75) is 0 Å². The lowest BCUT2D eigenvalue weighted by Crippen LogP contribution is -2.13. The molecule has 2 aromatic carbocycles. The van der Waals surface area contributed by atoms with Crippen LogP contribution < -0.4 is 19.5 Å².